The summed E-state index contributed by atoms with van der Waals surface area (Å²) < 4.78 is 1.90. The lowest BCUT2D eigenvalue weighted by molar-refractivity contribution is 0.102. The van der Waals surface area contributed by atoms with Crippen molar-refractivity contribution in [2.45, 2.75) is 0 Å². The molecule has 0 saturated carbocycles. The predicted octanol–water partition coefficient (Wildman–Crippen LogP) is 5.61. The second-order valence-electron chi connectivity index (χ2n) is 3.74. The van der Waals surface area contributed by atoms with E-state index in [1.807, 2.05) is 18.2 Å². The molecule has 2 aromatic carbocycles. The molecule has 0 aliphatic heterocycles. The summed E-state index contributed by atoms with van der Waals surface area (Å²) in [5.41, 5.74) is 1.12. The topological polar surface area (TPSA) is 29.1 Å². The summed E-state index contributed by atoms with van der Waals surface area (Å²) in [5.74, 6) is -0.258. The molecule has 0 atom stereocenters. The molecular formula is C13H7BrCl2INO. The zero-order chi connectivity index (χ0) is 14.0. The van der Waals surface area contributed by atoms with Crippen LogP contribution in [0.1, 0.15) is 10.4 Å². The standard InChI is InChI=1S/C13H7BrCl2INO/c14-11-6-10(17)1-2-12(11)18-13(19)7-3-8(15)5-9(16)4-7/h1-6H,(H,18,19). The molecule has 0 unspecified atom stereocenters. The van der Waals surface area contributed by atoms with E-state index >= 15 is 0 Å². The van der Waals surface area contributed by atoms with Crippen LogP contribution >= 0.6 is 61.7 Å². The molecule has 0 fully saturated rings. The van der Waals surface area contributed by atoms with Crippen molar-refractivity contribution in [1.82, 2.24) is 0 Å². The molecule has 0 radical (unpaired) electrons. The number of hydrogen-bond donors (Lipinski definition) is 1. The first-order valence-electron chi connectivity index (χ1n) is 5.18. The predicted molar refractivity (Wildman–Crippen MR) is 91.3 cm³/mol. The van der Waals surface area contributed by atoms with Crippen molar-refractivity contribution in [3.05, 3.63) is 60.0 Å². The van der Waals surface area contributed by atoms with E-state index < -0.39 is 0 Å². The van der Waals surface area contributed by atoms with E-state index in [1.54, 1.807) is 18.2 Å². The molecule has 0 aliphatic carbocycles. The third kappa shape index (κ3) is 4.08. The van der Waals surface area contributed by atoms with E-state index in [1.165, 1.54) is 0 Å². The van der Waals surface area contributed by atoms with Gasteiger partial charge in [-0.1, -0.05) is 23.2 Å². The zero-order valence-corrected chi connectivity index (χ0v) is 14.6. The van der Waals surface area contributed by atoms with Crippen molar-refractivity contribution in [1.29, 1.82) is 0 Å². The number of carbonyl (C=O) groups excluding carboxylic acids is 1. The third-order valence-corrected chi connectivity index (χ3v) is 4.07. The highest BCUT2D eigenvalue weighted by Crippen LogP contribution is 2.26. The Bertz CT molecular complexity index is 628. The molecule has 1 N–H and O–H groups in total. The van der Waals surface area contributed by atoms with E-state index in [0.29, 0.717) is 21.3 Å². The van der Waals surface area contributed by atoms with Crippen LogP contribution in [0.25, 0.3) is 0 Å². The number of benzene rings is 2. The Kier molecular flexibility index (Phi) is 5.11. The van der Waals surface area contributed by atoms with Gasteiger partial charge in [0.15, 0.2) is 0 Å². The van der Waals surface area contributed by atoms with Gasteiger partial charge >= 0.3 is 0 Å². The first-order valence-corrected chi connectivity index (χ1v) is 7.81. The maximum absolute atomic E-state index is 12.1. The van der Waals surface area contributed by atoms with Gasteiger partial charge in [-0.3, -0.25) is 4.79 Å². The number of amides is 1. The largest absolute Gasteiger partial charge is 0.321 e. The molecule has 2 rings (SSSR count). The van der Waals surface area contributed by atoms with Crippen LogP contribution in [0.2, 0.25) is 10.0 Å². The van der Waals surface area contributed by atoms with Gasteiger partial charge in [0.05, 0.1) is 5.69 Å². The number of nitrogens with one attached hydrogen (secondary N) is 1. The second-order valence-corrected chi connectivity index (χ2v) is 6.71. The van der Waals surface area contributed by atoms with Gasteiger partial charge in [-0.2, -0.15) is 0 Å². The third-order valence-electron chi connectivity index (χ3n) is 2.30. The Morgan fingerprint density at radius 2 is 1.74 bits per heavy atom. The normalized spacial score (nSPS) is 10.3. The van der Waals surface area contributed by atoms with Gasteiger partial charge in [0.1, 0.15) is 0 Å². The molecule has 19 heavy (non-hydrogen) atoms. The minimum Gasteiger partial charge on any atom is -0.321 e. The lowest BCUT2D eigenvalue weighted by Crippen LogP contribution is -2.12. The Morgan fingerprint density at radius 3 is 2.32 bits per heavy atom. The fraction of sp³-hybridized carbons (Fsp3) is 0. The molecule has 0 spiro atoms. The van der Waals surface area contributed by atoms with Crippen LogP contribution in [0.3, 0.4) is 0 Å². The summed E-state index contributed by atoms with van der Waals surface area (Å²) >= 11 is 17.4. The van der Waals surface area contributed by atoms with E-state index in [0.717, 1.165) is 8.04 Å². The molecule has 0 heterocycles. The van der Waals surface area contributed by atoms with Crippen molar-refractivity contribution >= 4 is 73.3 Å². The van der Waals surface area contributed by atoms with Crippen LogP contribution in [0.15, 0.2) is 40.9 Å². The summed E-state index contributed by atoms with van der Waals surface area (Å²) in [4.78, 5) is 12.1. The Hall–Kier alpha value is -0.300. The van der Waals surface area contributed by atoms with Gasteiger partial charge in [0, 0.05) is 23.7 Å². The number of carbonyl (C=O) groups is 1. The minimum absolute atomic E-state index is 0.258. The summed E-state index contributed by atoms with van der Waals surface area (Å²) in [6.07, 6.45) is 0. The van der Waals surface area contributed by atoms with Crippen molar-refractivity contribution in [2.75, 3.05) is 5.32 Å². The van der Waals surface area contributed by atoms with Crippen molar-refractivity contribution in [2.24, 2.45) is 0 Å². The second kappa shape index (κ2) is 6.43. The van der Waals surface area contributed by atoms with E-state index in [4.69, 9.17) is 23.2 Å². The number of halogens is 4. The molecule has 0 saturated heterocycles. The molecule has 2 aromatic rings. The van der Waals surface area contributed by atoms with Crippen LogP contribution in [0.5, 0.6) is 0 Å². The molecule has 1 amide bonds. The summed E-state index contributed by atoms with van der Waals surface area (Å²) in [5, 5.41) is 3.66. The smallest absolute Gasteiger partial charge is 0.255 e. The van der Waals surface area contributed by atoms with Crippen LogP contribution in [0, 0.1) is 3.57 Å². The Morgan fingerprint density at radius 1 is 1.11 bits per heavy atom. The summed E-state index contributed by atoms with van der Waals surface area (Å²) in [7, 11) is 0. The maximum Gasteiger partial charge on any atom is 0.255 e. The van der Waals surface area contributed by atoms with Gasteiger partial charge in [-0.05, 0) is 74.9 Å². The molecule has 0 bridgehead atoms. The lowest BCUT2D eigenvalue weighted by atomic mass is 10.2. The first kappa shape index (κ1) is 15.1. The zero-order valence-electron chi connectivity index (χ0n) is 9.38. The molecular weight excluding hydrogens is 464 g/mol. The molecule has 2 nitrogen and oxygen atoms in total. The van der Waals surface area contributed by atoms with Crippen LogP contribution in [-0.2, 0) is 0 Å². The van der Waals surface area contributed by atoms with E-state index in [9.17, 15) is 4.79 Å². The van der Waals surface area contributed by atoms with Crippen molar-refractivity contribution in [3.8, 4) is 0 Å². The summed E-state index contributed by atoms with van der Waals surface area (Å²) in [6.45, 7) is 0. The van der Waals surface area contributed by atoms with Gasteiger partial charge in [0.25, 0.3) is 5.91 Å². The van der Waals surface area contributed by atoms with Crippen molar-refractivity contribution in [3.63, 3.8) is 0 Å². The number of anilines is 1. The lowest BCUT2D eigenvalue weighted by Gasteiger charge is -2.08. The quantitative estimate of drug-likeness (QED) is 0.568. The number of hydrogen-bond acceptors (Lipinski definition) is 1. The SMILES string of the molecule is O=C(Nc1ccc(I)cc1Br)c1cc(Cl)cc(Cl)c1. The van der Waals surface area contributed by atoms with Crippen LogP contribution < -0.4 is 5.32 Å². The molecule has 98 valence electrons. The monoisotopic (exact) mass is 469 g/mol. The highest BCUT2D eigenvalue weighted by molar-refractivity contribution is 14.1. The van der Waals surface area contributed by atoms with Gasteiger partial charge < -0.3 is 5.32 Å². The molecule has 0 aromatic heterocycles. The highest BCUT2D eigenvalue weighted by atomic mass is 127. The summed E-state index contributed by atoms with van der Waals surface area (Å²) in [6, 6.07) is 10.4. The fourth-order valence-electron chi connectivity index (χ4n) is 1.47. The van der Waals surface area contributed by atoms with Crippen molar-refractivity contribution < 1.29 is 4.79 Å². The van der Waals surface area contributed by atoms with E-state index in [2.05, 4.69) is 43.8 Å². The number of rotatable bonds is 2. The average molecular weight is 471 g/mol. The van der Waals surface area contributed by atoms with Gasteiger partial charge in [0.2, 0.25) is 0 Å². The fourth-order valence-corrected chi connectivity index (χ4v) is 3.39. The van der Waals surface area contributed by atoms with Gasteiger partial charge in [-0.15, -0.1) is 0 Å². The highest BCUT2D eigenvalue weighted by Gasteiger charge is 2.10. The van der Waals surface area contributed by atoms with E-state index in [-0.39, 0.29) is 5.91 Å². The van der Waals surface area contributed by atoms with Crippen LogP contribution in [0.4, 0.5) is 5.69 Å². The van der Waals surface area contributed by atoms with Gasteiger partial charge in [-0.25, -0.2) is 0 Å². The Labute approximate surface area is 142 Å². The first-order chi connectivity index (χ1) is 8.95. The minimum atomic E-state index is -0.258. The maximum atomic E-state index is 12.1. The average Bonchev–Trinajstić information content (AvgIpc) is 2.31. The molecule has 0 aliphatic rings. The molecule has 6 heteroatoms. The Balaban J connectivity index is 2.25. The van der Waals surface area contributed by atoms with Crippen LogP contribution in [-0.4, -0.2) is 5.91 Å².